The van der Waals surface area contributed by atoms with E-state index >= 15 is 0 Å². The number of carbonyl (C=O) groups excluding carboxylic acids is 1. The van der Waals surface area contributed by atoms with Gasteiger partial charge in [0.25, 0.3) is 5.91 Å². The number of aliphatic hydroxyl groups is 1. The SMILES string of the molecule is CC1(O)CCN(Cc2cc(C(=O)NN)ccc2F)CC1. The van der Waals surface area contributed by atoms with Crippen molar-refractivity contribution in [1.82, 2.24) is 10.3 Å². The zero-order valence-corrected chi connectivity index (χ0v) is 11.5. The van der Waals surface area contributed by atoms with Gasteiger partial charge < -0.3 is 5.11 Å². The molecule has 4 N–H and O–H groups in total. The number of carbonyl (C=O) groups is 1. The Morgan fingerprint density at radius 2 is 2.15 bits per heavy atom. The summed E-state index contributed by atoms with van der Waals surface area (Å²) in [4.78, 5) is 13.5. The number of piperidine rings is 1. The lowest BCUT2D eigenvalue weighted by Crippen LogP contribution is -2.42. The number of nitrogens with two attached hydrogens (primary N) is 1. The molecule has 1 saturated heterocycles. The minimum absolute atomic E-state index is 0.337. The van der Waals surface area contributed by atoms with E-state index in [1.165, 1.54) is 18.2 Å². The number of amides is 1. The van der Waals surface area contributed by atoms with Gasteiger partial charge in [-0.2, -0.15) is 0 Å². The van der Waals surface area contributed by atoms with Crippen LogP contribution in [0.15, 0.2) is 18.2 Å². The number of nitrogens with zero attached hydrogens (tertiary/aromatic N) is 1. The average Bonchev–Trinajstić information content (AvgIpc) is 2.42. The first-order valence-corrected chi connectivity index (χ1v) is 6.65. The maximum atomic E-state index is 13.8. The van der Waals surface area contributed by atoms with Crippen LogP contribution in [0.4, 0.5) is 4.39 Å². The fourth-order valence-electron chi connectivity index (χ4n) is 2.35. The summed E-state index contributed by atoms with van der Waals surface area (Å²) in [6, 6.07) is 4.20. The van der Waals surface area contributed by atoms with Gasteiger partial charge in [-0.25, -0.2) is 10.2 Å². The standard InChI is InChI=1S/C14H20FN3O2/c1-14(20)4-6-18(7-5-14)9-11-8-10(13(19)17-16)2-3-12(11)15/h2-3,8,20H,4-7,9,16H2,1H3,(H,17,19). The van der Waals surface area contributed by atoms with Crippen molar-refractivity contribution in [3.05, 3.63) is 35.1 Å². The highest BCUT2D eigenvalue weighted by Gasteiger charge is 2.27. The number of nitrogen functional groups attached to an aromatic ring is 1. The fourth-order valence-corrected chi connectivity index (χ4v) is 2.35. The third-order valence-electron chi connectivity index (χ3n) is 3.77. The van der Waals surface area contributed by atoms with Gasteiger partial charge in [0.2, 0.25) is 0 Å². The predicted octanol–water partition coefficient (Wildman–Crippen LogP) is 0.776. The lowest BCUT2D eigenvalue weighted by Gasteiger charge is -2.35. The lowest BCUT2D eigenvalue weighted by molar-refractivity contribution is -0.00749. The van der Waals surface area contributed by atoms with Gasteiger partial charge in [0.05, 0.1) is 5.60 Å². The topological polar surface area (TPSA) is 78.6 Å². The number of likely N-dealkylation sites (tertiary alicyclic amines) is 1. The fraction of sp³-hybridized carbons (Fsp3) is 0.500. The molecule has 0 atom stereocenters. The van der Waals surface area contributed by atoms with E-state index in [0.717, 1.165) is 0 Å². The van der Waals surface area contributed by atoms with E-state index in [0.29, 0.717) is 43.6 Å². The summed E-state index contributed by atoms with van der Waals surface area (Å²) in [7, 11) is 0. The number of nitrogens with one attached hydrogen (secondary N) is 1. The summed E-state index contributed by atoms with van der Waals surface area (Å²) in [5.41, 5.74) is 2.21. The Balaban J connectivity index is 2.07. The molecular formula is C14H20FN3O2. The lowest BCUT2D eigenvalue weighted by atomic mass is 9.93. The van der Waals surface area contributed by atoms with Gasteiger partial charge in [-0.1, -0.05) is 0 Å². The van der Waals surface area contributed by atoms with Crippen molar-refractivity contribution in [2.45, 2.75) is 31.9 Å². The van der Waals surface area contributed by atoms with Gasteiger partial charge >= 0.3 is 0 Å². The molecule has 0 radical (unpaired) electrons. The van der Waals surface area contributed by atoms with Crippen LogP contribution in [-0.4, -0.2) is 34.6 Å². The van der Waals surface area contributed by atoms with Crippen LogP contribution >= 0.6 is 0 Å². The van der Waals surface area contributed by atoms with Crippen molar-refractivity contribution in [2.24, 2.45) is 5.84 Å². The van der Waals surface area contributed by atoms with E-state index in [4.69, 9.17) is 5.84 Å². The van der Waals surface area contributed by atoms with Crippen molar-refractivity contribution < 1.29 is 14.3 Å². The van der Waals surface area contributed by atoms with Crippen LogP contribution in [0.5, 0.6) is 0 Å². The van der Waals surface area contributed by atoms with Crippen LogP contribution in [0.1, 0.15) is 35.7 Å². The molecule has 0 spiro atoms. The van der Waals surface area contributed by atoms with Crippen molar-refractivity contribution >= 4 is 5.91 Å². The van der Waals surface area contributed by atoms with E-state index in [-0.39, 0.29) is 5.82 Å². The summed E-state index contributed by atoms with van der Waals surface area (Å²) >= 11 is 0. The molecule has 1 aromatic carbocycles. The van der Waals surface area contributed by atoms with Crippen molar-refractivity contribution in [1.29, 1.82) is 0 Å². The highest BCUT2D eigenvalue weighted by Crippen LogP contribution is 2.23. The minimum atomic E-state index is -0.629. The Kier molecular flexibility index (Phi) is 4.37. The normalized spacial score (nSPS) is 18.8. The monoisotopic (exact) mass is 281 g/mol. The van der Waals surface area contributed by atoms with E-state index in [9.17, 15) is 14.3 Å². The molecule has 0 saturated carbocycles. The van der Waals surface area contributed by atoms with E-state index in [1.807, 2.05) is 12.3 Å². The molecule has 1 heterocycles. The zero-order chi connectivity index (χ0) is 14.8. The van der Waals surface area contributed by atoms with E-state index < -0.39 is 11.5 Å². The maximum Gasteiger partial charge on any atom is 0.265 e. The third kappa shape index (κ3) is 3.53. The number of halogens is 1. The summed E-state index contributed by atoms with van der Waals surface area (Å²) in [5.74, 6) is 4.30. The molecule has 0 aliphatic carbocycles. The van der Waals surface area contributed by atoms with Gasteiger partial charge in [-0.05, 0) is 38.0 Å². The molecule has 2 rings (SSSR count). The first-order valence-electron chi connectivity index (χ1n) is 6.65. The average molecular weight is 281 g/mol. The summed E-state index contributed by atoms with van der Waals surface area (Å²) in [6.45, 7) is 3.66. The summed E-state index contributed by atoms with van der Waals surface area (Å²) in [5, 5.41) is 9.89. The second kappa shape index (κ2) is 5.87. The molecule has 0 aromatic heterocycles. The van der Waals surface area contributed by atoms with Crippen LogP contribution in [-0.2, 0) is 6.54 Å². The molecular weight excluding hydrogens is 261 g/mol. The number of rotatable bonds is 3. The maximum absolute atomic E-state index is 13.8. The van der Waals surface area contributed by atoms with E-state index in [1.54, 1.807) is 0 Å². The molecule has 5 nitrogen and oxygen atoms in total. The molecule has 6 heteroatoms. The number of hydrogen-bond acceptors (Lipinski definition) is 4. The second-order valence-corrected chi connectivity index (χ2v) is 5.55. The molecule has 1 aliphatic rings. The van der Waals surface area contributed by atoms with Crippen LogP contribution in [0, 0.1) is 5.82 Å². The van der Waals surface area contributed by atoms with Crippen LogP contribution in [0.3, 0.4) is 0 Å². The first kappa shape index (κ1) is 14.9. The van der Waals surface area contributed by atoms with Gasteiger partial charge in [0, 0.05) is 30.8 Å². The first-order chi connectivity index (χ1) is 9.41. The van der Waals surface area contributed by atoms with Gasteiger partial charge in [0.15, 0.2) is 0 Å². The molecule has 110 valence electrons. The number of hydrazine groups is 1. The third-order valence-corrected chi connectivity index (χ3v) is 3.77. The van der Waals surface area contributed by atoms with Crippen LogP contribution in [0.25, 0.3) is 0 Å². The molecule has 20 heavy (non-hydrogen) atoms. The van der Waals surface area contributed by atoms with Gasteiger partial charge in [-0.15, -0.1) is 0 Å². The van der Waals surface area contributed by atoms with Crippen molar-refractivity contribution in [2.75, 3.05) is 13.1 Å². The number of benzene rings is 1. The Morgan fingerprint density at radius 3 is 2.75 bits per heavy atom. The Hall–Kier alpha value is -1.50. The minimum Gasteiger partial charge on any atom is -0.390 e. The summed E-state index contributed by atoms with van der Waals surface area (Å²) < 4.78 is 13.8. The Labute approximate surface area is 117 Å². The molecule has 1 fully saturated rings. The molecule has 1 aliphatic heterocycles. The second-order valence-electron chi connectivity index (χ2n) is 5.55. The molecule has 1 amide bonds. The van der Waals surface area contributed by atoms with Crippen LogP contribution < -0.4 is 11.3 Å². The highest BCUT2D eigenvalue weighted by atomic mass is 19.1. The largest absolute Gasteiger partial charge is 0.390 e. The zero-order valence-electron chi connectivity index (χ0n) is 11.5. The Bertz CT molecular complexity index is 495. The van der Waals surface area contributed by atoms with Crippen LogP contribution in [0.2, 0.25) is 0 Å². The van der Waals surface area contributed by atoms with Crippen molar-refractivity contribution in [3.63, 3.8) is 0 Å². The predicted molar refractivity (Wildman–Crippen MR) is 73.2 cm³/mol. The molecule has 0 unspecified atom stereocenters. The quantitative estimate of drug-likeness (QED) is 0.434. The van der Waals surface area contributed by atoms with Crippen molar-refractivity contribution in [3.8, 4) is 0 Å². The molecule has 1 aromatic rings. The van der Waals surface area contributed by atoms with E-state index in [2.05, 4.69) is 4.90 Å². The van der Waals surface area contributed by atoms with Gasteiger partial charge in [0.1, 0.15) is 5.82 Å². The molecule has 0 bridgehead atoms. The number of hydrogen-bond donors (Lipinski definition) is 3. The summed E-state index contributed by atoms with van der Waals surface area (Å²) in [6.07, 6.45) is 1.33. The Morgan fingerprint density at radius 1 is 1.50 bits per heavy atom. The highest BCUT2D eigenvalue weighted by molar-refractivity contribution is 5.93. The smallest absolute Gasteiger partial charge is 0.265 e. The van der Waals surface area contributed by atoms with Gasteiger partial charge in [-0.3, -0.25) is 15.1 Å².